The van der Waals surface area contributed by atoms with Gasteiger partial charge in [0, 0.05) is 23.0 Å². The third-order valence-corrected chi connectivity index (χ3v) is 6.41. The number of carbonyl (C=O) groups excluding carboxylic acids is 1. The Balaban J connectivity index is 1.52. The van der Waals surface area contributed by atoms with Gasteiger partial charge in [0.25, 0.3) is 0 Å². The molecule has 5 nitrogen and oxygen atoms in total. The van der Waals surface area contributed by atoms with Crippen LogP contribution in [0.1, 0.15) is 55.5 Å². The molecule has 0 bridgehead atoms. The van der Waals surface area contributed by atoms with Crippen LogP contribution in [0.5, 0.6) is 6.01 Å². The van der Waals surface area contributed by atoms with Crippen LogP contribution in [0.15, 0.2) is 30.3 Å². The maximum Gasteiger partial charge on any atom is 0.317 e. The Kier molecular flexibility index (Phi) is 5.77. The molecule has 2 heterocycles. The Hall–Kier alpha value is -2.14. The molecule has 1 amide bonds. The highest BCUT2D eigenvalue weighted by atomic mass is 35.5. The third-order valence-electron chi connectivity index (χ3n) is 6.16. The van der Waals surface area contributed by atoms with E-state index in [-0.39, 0.29) is 12.0 Å². The second kappa shape index (κ2) is 8.31. The number of hydrogen-bond acceptors (Lipinski definition) is 4. The smallest absolute Gasteiger partial charge is 0.317 e. The van der Waals surface area contributed by atoms with Crippen LogP contribution < -0.4 is 4.74 Å². The van der Waals surface area contributed by atoms with Crippen LogP contribution in [-0.2, 0) is 10.2 Å². The lowest BCUT2D eigenvalue weighted by atomic mass is 9.77. The Labute approximate surface area is 177 Å². The molecule has 1 aromatic carbocycles. The van der Waals surface area contributed by atoms with E-state index in [0.717, 1.165) is 62.0 Å². The molecule has 1 aliphatic heterocycles. The predicted molar refractivity (Wildman–Crippen MR) is 113 cm³/mol. The lowest BCUT2D eigenvalue weighted by Gasteiger charge is -2.39. The van der Waals surface area contributed by atoms with Gasteiger partial charge in [-0.1, -0.05) is 36.6 Å². The number of halogens is 1. The number of ether oxygens (including phenoxy) is 1. The second-order valence-electron chi connectivity index (χ2n) is 8.36. The number of hydrogen-bond donors (Lipinski definition) is 0. The van der Waals surface area contributed by atoms with Gasteiger partial charge in [0.05, 0.1) is 12.0 Å². The number of likely N-dealkylation sites (tertiary alicyclic amines) is 1. The van der Waals surface area contributed by atoms with Gasteiger partial charge in [-0.25, -0.2) is 9.97 Å². The van der Waals surface area contributed by atoms with Crippen LogP contribution in [0.4, 0.5) is 0 Å². The standard InChI is InChI=1S/C23H28ClN3O2/c1-16-14-17(2)26-22(25-16)29-20-6-5-13-27(15-20)21(28)23(11-3-4-12-23)18-7-9-19(24)10-8-18/h7-10,14,20H,3-6,11-13,15H2,1-2H3. The number of aromatic nitrogens is 2. The first-order valence-corrected chi connectivity index (χ1v) is 10.9. The quantitative estimate of drug-likeness (QED) is 0.733. The monoisotopic (exact) mass is 413 g/mol. The van der Waals surface area contributed by atoms with Crippen molar-refractivity contribution in [3.63, 3.8) is 0 Å². The van der Waals surface area contributed by atoms with Gasteiger partial charge in [-0.15, -0.1) is 0 Å². The zero-order valence-electron chi connectivity index (χ0n) is 17.2. The number of amides is 1. The van der Waals surface area contributed by atoms with Gasteiger partial charge in [-0.05, 0) is 63.3 Å². The minimum absolute atomic E-state index is 0.0717. The average molecular weight is 414 g/mol. The summed E-state index contributed by atoms with van der Waals surface area (Å²) in [6.45, 7) is 5.24. The van der Waals surface area contributed by atoms with Crippen LogP contribution >= 0.6 is 11.6 Å². The van der Waals surface area contributed by atoms with Gasteiger partial charge >= 0.3 is 6.01 Å². The van der Waals surface area contributed by atoms with Gasteiger partial charge in [-0.3, -0.25) is 4.79 Å². The Morgan fingerprint density at radius 3 is 2.41 bits per heavy atom. The van der Waals surface area contributed by atoms with E-state index >= 15 is 0 Å². The molecular formula is C23H28ClN3O2. The first kappa shape index (κ1) is 20.1. The molecule has 0 spiro atoms. The fourth-order valence-electron chi connectivity index (χ4n) is 4.79. The van der Waals surface area contributed by atoms with Crippen molar-refractivity contribution in [3.05, 3.63) is 52.3 Å². The number of rotatable bonds is 4. The first-order chi connectivity index (χ1) is 14.0. The molecule has 1 saturated heterocycles. The van der Waals surface area contributed by atoms with Gasteiger partial charge in [0.15, 0.2) is 0 Å². The van der Waals surface area contributed by atoms with Crippen molar-refractivity contribution in [3.8, 4) is 6.01 Å². The summed E-state index contributed by atoms with van der Waals surface area (Å²) >= 11 is 6.09. The normalized spacial score (nSPS) is 21.2. The topological polar surface area (TPSA) is 55.3 Å². The largest absolute Gasteiger partial charge is 0.458 e. The van der Waals surface area contributed by atoms with Gasteiger partial charge < -0.3 is 9.64 Å². The molecule has 1 aliphatic carbocycles. The van der Waals surface area contributed by atoms with Gasteiger partial charge in [-0.2, -0.15) is 0 Å². The Morgan fingerprint density at radius 1 is 1.10 bits per heavy atom. The second-order valence-corrected chi connectivity index (χ2v) is 8.80. The van der Waals surface area contributed by atoms with Gasteiger partial charge in [0.1, 0.15) is 6.10 Å². The summed E-state index contributed by atoms with van der Waals surface area (Å²) in [5.74, 6) is 0.229. The van der Waals surface area contributed by atoms with E-state index in [9.17, 15) is 4.79 Å². The van der Waals surface area contributed by atoms with E-state index in [0.29, 0.717) is 17.6 Å². The highest BCUT2D eigenvalue weighted by Gasteiger charge is 2.45. The molecule has 0 radical (unpaired) electrons. The van der Waals surface area contributed by atoms with Crippen molar-refractivity contribution >= 4 is 17.5 Å². The lowest BCUT2D eigenvalue weighted by Crippen LogP contribution is -2.51. The molecule has 1 saturated carbocycles. The maximum absolute atomic E-state index is 13.7. The van der Waals surface area contributed by atoms with Crippen molar-refractivity contribution in [2.24, 2.45) is 0 Å². The van der Waals surface area contributed by atoms with Crippen molar-refractivity contribution < 1.29 is 9.53 Å². The molecule has 1 atom stereocenters. The minimum Gasteiger partial charge on any atom is -0.458 e. The highest BCUT2D eigenvalue weighted by molar-refractivity contribution is 6.30. The predicted octanol–water partition coefficient (Wildman–Crippen LogP) is 4.63. The number of carbonyl (C=O) groups is 1. The lowest BCUT2D eigenvalue weighted by molar-refractivity contribution is -0.140. The summed E-state index contributed by atoms with van der Waals surface area (Å²) in [7, 11) is 0. The van der Waals surface area contributed by atoms with Crippen LogP contribution in [-0.4, -0.2) is 40.0 Å². The molecule has 1 aromatic heterocycles. The molecule has 2 aromatic rings. The van der Waals surface area contributed by atoms with Crippen molar-refractivity contribution in [2.75, 3.05) is 13.1 Å². The molecule has 0 N–H and O–H groups in total. The third kappa shape index (κ3) is 4.25. The Morgan fingerprint density at radius 2 is 1.76 bits per heavy atom. The van der Waals surface area contributed by atoms with E-state index in [1.165, 1.54) is 0 Å². The van der Waals surface area contributed by atoms with Crippen LogP contribution in [0, 0.1) is 13.8 Å². The number of piperidine rings is 1. The van der Waals surface area contributed by atoms with Crippen LogP contribution in [0.2, 0.25) is 5.02 Å². The van der Waals surface area contributed by atoms with Crippen molar-refractivity contribution in [2.45, 2.75) is 63.9 Å². The molecule has 1 unspecified atom stereocenters. The van der Waals surface area contributed by atoms with E-state index in [4.69, 9.17) is 16.3 Å². The summed E-state index contributed by atoms with van der Waals surface area (Å²) in [6.07, 6.45) is 5.73. The van der Waals surface area contributed by atoms with E-state index < -0.39 is 5.41 Å². The highest BCUT2D eigenvalue weighted by Crippen LogP contribution is 2.43. The van der Waals surface area contributed by atoms with Crippen LogP contribution in [0.25, 0.3) is 0 Å². The SMILES string of the molecule is Cc1cc(C)nc(OC2CCCN(C(=O)C3(c4ccc(Cl)cc4)CCCC3)C2)n1. The fourth-order valence-corrected chi connectivity index (χ4v) is 4.92. The molecule has 2 aliphatic rings. The number of aryl methyl sites for hydroxylation is 2. The van der Waals surface area contributed by atoms with E-state index in [1.807, 2.05) is 49.1 Å². The summed E-state index contributed by atoms with van der Waals surface area (Å²) in [5, 5.41) is 0.703. The Bertz CT molecular complexity index is 858. The van der Waals surface area contributed by atoms with Crippen molar-refractivity contribution in [1.29, 1.82) is 0 Å². The van der Waals surface area contributed by atoms with Crippen LogP contribution in [0.3, 0.4) is 0 Å². The first-order valence-electron chi connectivity index (χ1n) is 10.5. The van der Waals surface area contributed by atoms with Crippen molar-refractivity contribution in [1.82, 2.24) is 14.9 Å². The molecule has 2 fully saturated rings. The minimum atomic E-state index is -0.428. The van der Waals surface area contributed by atoms with E-state index in [2.05, 4.69) is 9.97 Å². The fraction of sp³-hybridized carbons (Fsp3) is 0.522. The zero-order chi connectivity index (χ0) is 20.4. The summed E-state index contributed by atoms with van der Waals surface area (Å²) in [4.78, 5) is 24.5. The molecule has 154 valence electrons. The molecule has 6 heteroatoms. The summed E-state index contributed by atoms with van der Waals surface area (Å²) < 4.78 is 6.08. The zero-order valence-corrected chi connectivity index (χ0v) is 17.9. The summed E-state index contributed by atoms with van der Waals surface area (Å²) in [6, 6.07) is 10.2. The molecular weight excluding hydrogens is 386 g/mol. The summed E-state index contributed by atoms with van der Waals surface area (Å²) in [5.41, 5.74) is 2.45. The van der Waals surface area contributed by atoms with E-state index in [1.54, 1.807) is 0 Å². The number of benzene rings is 1. The maximum atomic E-state index is 13.7. The molecule has 29 heavy (non-hydrogen) atoms. The average Bonchev–Trinajstić information content (AvgIpc) is 3.18. The van der Waals surface area contributed by atoms with Gasteiger partial charge in [0.2, 0.25) is 5.91 Å². The number of nitrogens with zero attached hydrogens (tertiary/aromatic N) is 3. The molecule has 4 rings (SSSR count).